The zero-order chi connectivity index (χ0) is 25.8. The highest BCUT2D eigenvalue weighted by atomic mass is 79.9. The minimum absolute atomic E-state index is 0.118. The van der Waals surface area contributed by atoms with Crippen molar-refractivity contribution in [3.63, 3.8) is 0 Å². The van der Waals surface area contributed by atoms with Crippen LogP contribution in [0.4, 0.5) is 5.69 Å². The molecule has 1 N–H and O–H groups in total. The Bertz CT molecular complexity index is 1170. The summed E-state index contributed by atoms with van der Waals surface area (Å²) in [5.41, 5.74) is 2.08. The Morgan fingerprint density at radius 2 is 1.71 bits per heavy atom. The van der Waals surface area contributed by atoms with Crippen LogP contribution in [0.3, 0.4) is 0 Å². The van der Waals surface area contributed by atoms with Crippen LogP contribution in [0.2, 0.25) is 0 Å². The van der Waals surface area contributed by atoms with Gasteiger partial charge in [-0.05, 0) is 68.1 Å². The Morgan fingerprint density at radius 1 is 1.09 bits per heavy atom. The molecule has 2 aromatic rings. The van der Waals surface area contributed by atoms with Gasteiger partial charge in [0.25, 0.3) is 0 Å². The summed E-state index contributed by atoms with van der Waals surface area (Å²) in [5, 5.41) is 3.06. The van der Waals surface area contributed by atoms with Gasteiger partial charge in [0.1, 0.15) is 12.6 Å². The monoisotopic (exact) mass is 627 g/mol. The number of rotatable bonds is 9. The topological polar surface area (TPSA) is 86.8 Å². The average Bonchev–Trinajstić information content (AvgIpc) is 3.30. The van der Waals surface area contributed by atoms with Gasteiger partial charge < -0.3 is 10.2 Å². The third-order valence-electron chi connectivity index (χ3n) is 6.24. The number of hydrogen-bond acceptors (Lipinski definition) is 4. The van der Waals surface area contributed by atoms with Gasteiger partial charge in [-0.15, -0.1) is 0 Å². The van der Waals surface area contributed by atoms with Crippen LogP contribution in [0, 0.1) is 6.92 Å². The lowest BCUT2D eigenvalue weighted by Gasteiger charge is -2.32. The lowest BCUT2D eigenvalue weighted by molar-refractivity contribution is -0.139. The molecule has 0 bridgehead atoms. The molecule has 2 amide bonds. The highest BCUT2D eigenvalue weighted by Crippen LogP contribution is 2.25. The van der Waals surface area contributed by atoms with Crippen molar-refractivity contribution >= 4 is 59.4 Å². The molecule has 0 heterocycles. The first-order valence-electron chi connectivity index (χ1n) is 11.5. The van der Waals surface area contributed by atoms with Crippen LogP contribution in [-0.2, 0) is 26.2 Å². The normalized spacial score (nSPS) is 15.0. The number of sulfonamides is 1. The first kappa shape index (κ1) is 27.7. The van der Waals surface area contributed by atoms with Crippen molar-refractivity contribution in [3.05, 3.63) is 62.5 Å². The number of aryl methyl sites for hydroxylation is 1. The van der Waals surface area contributed by atoms with Crippen molar-refractivity contribution < 1.29 is 18.0 Å². The van der Waals surface area contributed by atoms with Gasteiger partial charge in [0.05, 0.1) is 11.9 Å². The molecular weight excluding hydrogens is 598 g/mol. The van der Waals surface area contributed by atoms with Crippen molar-refractivity contribution in [2.75, 3.05) is 17.1 Å². The zero-order valence-corrected chi connectivity index (χ0v) is 24.1. The van der Waals surface area contributed by atoms with Crippen molar-refractivity contribution in [2.45, 2.75) is 58.2 Å². The molecule has 2 aromatic carbocycles. The smallest absolute Gasteiger partial charge is 0.244 e. The standard InChI is InChI=1S/C25H31Br2N3O4S/c1-17-14-22(12-13-23(17)27)30(35(3,33)34)16-24(31)29(15-19-8-10-20(26)11-9-19)18(2)25(32)28-21-6-4-5-7-21/h8-14,18,21H,4-7,15-16H2,1-3H3,(H,28,32)/t18-/m1/s1. The van der Waals surface area contributed by atoms with E-state index < -0.39 is 28.5 Å². The second-order valence-electron chi connectivity index (χ2n) is 9.02. The first-order valence-corrected chi connectivity index (χ1v) is 15.0. The van der Waals surface area contributed by atoms with Gasteiger partial charge in [-0.1, -0.05) is 56.8 Å². The van der Waals surface area contributed by atoms with Crippen molar-refractivity contribution in [2.24, 2.45) is 0 Å². The molecule has 1 saturated carbocycles. The highest BCUT2D eigenvalue weighted by molar-refractivity contribution is 9.10. The van der Waals surface area contributed by atoms with Gasteiger partial charge in [-0.3, -0.25) is 13.9 Å². The molecule has 0 radical (unpaired) electrons. The molecule has 3 rings (SSSR count). The maximum atomic E-state index is 13.6. The molecule has 1 aliphatic rings. The van der Waals surface area contributed by atoms with Gasteiger partial charge in [0.2, 0.25) is 21.8 Å². The molecule has 190 valence electrons. The van der Waals surface area contributed by atoms with E-state index in [1.54, 1.807) is 25.1 Å². The summed E-state index contributed by atoms with van der Waals surface area (Å²) in [5.74, 6) is -0.680. The van der Waals surface area contributed by atoms with Crippen molar-refractivity contribution in [3.8, 4) is 0 Å². The summed E-state index contributed by atoms with van der Waals surface area (Å²) in [4.78, 5) is 28.1. The fourth-order valence-corrected chi connectivity index (χ4v) is 5.51. The molecule has 10 heteroatoms. The van der Waals surface area contributed by atoms with Crippen molar-refractivity contribution in [1.82, 2.24) is 10.2 Å². The maximum absolute atomic E-state index is 13.6. The Balaban J connectivity index is 1.88. The Morgan fingerprint density at radius 3 is 2.29 bits per heavy atom. The van der Waals surface area contributed by atoms with E-state index in [4.69, 9.17) is 0 Å². The molecule has 0 saturated heterocycles. The Hall–Kier alpha value is -1.91. The number of anilines is 1. The lowest BCUT2D eigenvalue weighted by atomic mass is 10.1. The quantitative estimate of drug-likeness (QED) is 0.434. The SMILES string of the molecule is Cc1cc(N(CC(=O)N(Cc2ccc(Br)cc2)[C@H](C)C(=O)NC2CCCC2)S(C)(=O)=O)ccc1Br. The van der Waals surface area contributed by atoms with Crippen LogP contribution in [0.25, 0.3) is 0 Å². The van der Waals surface area contributed by atoms with Gasteiger partial charge in [0, 0.05) is 21.5 Å². The van der Waals surface area contributed by atoms with E-state index in [-0.39, 0.29) is 18.5 Å². The summed E-state index contributed by atoms with van der Waals surface area (Å²) in [6, 6.07) is 12.0. The van der Waals surface area contributed by atoms with Gasteiger partial charge in [-0.25, -0.2) is 8.42 Å². The van der Waals surface area contributed by atoms with E-state index in [0.717, 1.165) is 56.3 Å². The second kappa shape index (κ2) is 11.9. The fourth-order valence-electron chi connectivity index (χ4n) is 4.16. The molecule has 0 spiro atoms. The molecule has 1 fully saturated rings. The maximum Gasteiger partial charge on any atom is 0.244 e. The average molecular weight is 629 g/mol. The molecule has 0 unspecified atom stereocenters. The summed E-state index contributed by atoms with van der Waals surface area (Å²) >= 11 is 6.84. The number of nitrogens with zero attached hydrogens (tertiary/aromatic N) is 2. The van der Waals surface area contributed by atoms with Gasteiger partial charge >= 0.3 is 0 Å². The molecule has 1 aliphatic carbocycles. The zero-order valence-electron chi connectivity index (χ0n) is 20.1. The van der Waals surface area contributed by atoms with E-state index >= 15 is 0 Å². The van der Waals surface area contributed by atoms with Crippen LogP contribution in [0.15, 0.2) is 51.4 Å². The second-order valence-corrected chi connectivity index (χ2v) is 12.7. The molecule has 0 aliphatic heterocycles. The van der Waals surface area contributed by atoms with Crippen LogP contribution in [0.5, 0.6) is 0 Å². The highest BCUT2D eigenvalue weighted by Gasteiger charge is 2.31. The van der Waals surface area contributed by atoms with Crippen LogP contribution >= 0.6 is 31.9 Å². The van der Waals surface area contributed by atoms with E-state index in [1.165, 1.54) is 4.90 Å². The molecule has 0 aromatic heterocycles. The number of nitrogens with one attached hydrogen (secondary N) is 1. The van der Waals surface area contributed by atoms with Crippen molar-refractivity contribution in [1.29, 1.82) is 0 Å². The lowest BCUT2D eigenvalue weighted by Crippen LogP contribution is -2.52. The van der Waals surface area contributed by atoms with E-state index in [0.29, 0.717) is 5.69 Å². The van der Waals surface area contributed by atoms with Gasteiger partial charge in [-0.2, -0.15) is 0 Å². The van der Waals surface area contributed by atoms with Gasteiger partial charge in [0.15, 0.2) is 0 Å². The molecular formula is C25H31Br2N3O4S. The minimum atomic E-state index is -3.76. The van der Waals surface area contributed by atoms with E-state index in [1.807, 2.05) is 31.2 Å². The largest absolute Gasteiger partial charge is 0.352 e. The fraction of sp³-hybridized carbons (Fsp3) is 0.440. The summed E-state index contributed by atoms with van der Waals surface area (Å²) in [7, 11) is -3.76. The molecule has 35 heavy (non-hydrogen) atoms. The predicted octanol–water partition coefficient (Wildman–Crippen LogP) is 4.76. The Labute approximate surface area is 224 Å². The van der Waals surface area contributed by atoms with Crippen LogP contribution in [-0.4, -0.2) is 50.0 Å². The number of carbonyl (C=O) groups is 2. The summed E-state index contributed by atoms with van der Waals surface area (Å²) < 4.78 is 28.2. The first-order chi connectivity index (χ1) is 16.5. The molecule has 1 atom stereocenters. The Kier molecular flexibility index (Phi) is 9.40. The number of amides is 2. The van der Waals surface area contributed by atoms with Crippen LogP contribution < -0.4 is 9.62 Å². The number of benzene rings is 2. The minimum Gasteiger partial charge on any atom is -0.352 e. The third-order valence-corrected chi connectivity index (χ3v) is 8.80. The molecule has 7 nitrogen and oxygen atoms in total. The third kappa shape index (κ3) is 7.54. The number of carbonyl (C=O) groups excluding carboxylic acids is 2. The van der Waals surface area contributed by atoms with E-state index in [9.17, 15) is 18.0 Å². The number of hydrogen-bond donors (Lipinski definition) is 1. The van der Waals surface area contributed by atoms with E-state index in [2.05, 4.69) is 37.2 Å². The summed E-state index contributed by atoms with van der Waals surface area (Å²) in [6.45, 7) is 3.32. The predicted molar refractivity (Wildman–Crippen MR) is 146 cm³/mol. The summed E-state index contributed by atoms with van der Waals surface area (Å²) in [6.07, 6.45) is 5.11. The van der Waals surface area contributed by atoms with Crippen LogP contribution in [0.1, 0.15) is 43.7 Å². The number of halogens is 2.